The largest absolute Gasteiger partial charge is 0.265 e. The number of pyridine rings is 1. The van der Waals surface area contributed by atoms with Crippen molar-refractivity contribution in [2.75, 3.05) is 19.3 Å². The molecular weight excluding hydrogens is 312 g/mol. The fraction of sp³-hybridized carbons (Fsp3) is 0.438. The average molecular weight is 332 g/mol. The normalized spacial score (nSPS) is 19.7. The van der Waals surface area contributed by atoms with Crippen molar-refractivity contribution < 1.29 is 8.42 Å². The molecule has 6 nitrogen and oxygen atoms in total. The molecule has 23 heavy (non-hydrogen) atoms. The van der Waals surface area contributed by atoms with Crippen LogP contribution in [0.3, 0.4) is 0 Å². The van der Waals surface area contributed by atoms with Crippen LogP contribution in [0.15, 0.2) is 30.7 Å². The maximum Gasteiger partial charge on any atom is 0.211 e. The Balaban J connectivity index is 2.00. The van der Waals surface area contributed by atoms with E-state index in [0.717, 1.165) is 29.7 Å². The van der Waals surface area contributed by atoms with E-state index >= 15 is 0 Å². The van der Waals surface area contributed by atoms with Crippen molar-refractivity contribution in [3.05, 3.63) is 42.2 Å². The Bertz CT molecular complexity index is 793. The van der Waals surface area contributed by atoms with Gasteiger partial charge in [-0.05, 0) is 37.5 Å². The SMILES string of the molecule is Cc1ncc(-c2ccncc2)c(C2CCCN(S(C)(=O)=O)C2)n1. The van der Waals surface area contributed by atoms with Gasteiger partial charge in [0.1, 0.15) is 5.82 Å². The number of nitrogens with zero attached hydrogens (tertiary/aromatic N) is 4. The Morgan fingerprint density at radius 1 is 1.26 bits per heavy atom. The molecule has 0 saturated carbocycles. The van der Waals surface area contributed by atoms with E-state index in [9.17, 15) is 8.42 Å². The molecule has 0 bridgehead atoms. The average Bonchev–Trinajstić information content (AvgIpc) is 2.55. The van der Waals surface area contributed by atoms with E-state index < -0.39 is 10.0 Å². The highest BCUT2D eigenvalue weighted by Gasteiger charge is 2.29. The van der Waals surface area contributed by atoms with Crippen LogP contribution in [0.25, 0.3) is 11.1 Å². The fourth-order valence-corrected chi connectivity index (χ4v) is 3.93. The van der Waals surface area contributed by atoms with Crippen LogP contribution >= 0.6 is 0 Å². The van der Waals surface area contributed by atoms with E-state index in [1.54, 1.807) is 16.7 Å². The van der Waals surface area contributed by atoms with Gasteiger partial charge in [0.05, 0.1) is 11.9 Å². The molecule has 1 saturated heterocycles. The molecule has 0 N–H and O–H groups in total. The molecule has 1 atom stereocenters. The zero-order valence-electron chi connectivity index (χ0n) is 13.3. The van der Waals surface area contributed by atoms with Crippen molar-refractivity contribution in [2.24, 2.45) is 0 Å². The molecule has 7 heteroatoms. The van der Waals surface area contributed by atoms with Gasteiger partial charge in [0, 0.05) is 43.2 Å². The number of aryl methyl sites for hydroxylation is 1. The van der Waals surface area contributed by atoms with Crippen molar-refractivity contribution in [3.8, 4) is 11.1 Å². The van der Waals surface area contributed by atoms with E-state index in [-0.39, 0.29) is 5.92 Å². The fourth-order valence-electron chi connectivity index (χ4n) is 3.02. The predicted octanol–water partition coefficient (Wildman–Crippen LogP) is 1.99. The zero-order valence-corrected chi connectivity index (χ0v) is 14.1. The maximum atomic E-state index is 11.9. The van der Waals surface area contributed by atoms with Gasteiger partial charge in [-0.15, -0.1) is 0 Å². The van der Waals surface area contributed by atoms with Crippen LogP contribution in [0.4, 0.5) is 0 Å². The second-order valence-electron chi connectivity index (χ2n) is 5.91. The molecule has 3 heterocycles. The van der Waals surface area contributed by atoms with E-state index in [1.165, 1.54) is 6.26 Å². The van der Waals surface area contributed by atoms with Crippen molar-refractivity contribution in [3.63, 3.8) is 0 Å². The Hall–Kier alpha value is -1.86. The third-order valence-corrected chi connectivity index (χ3v) is 5.44. The van der Waals surface area contributed by atoms with Gasteiger partial charge in [0.15, 0.2) is 0 Å². The minimum Gasteiger partial charge on any atom is -0.265 e. The molecule has 2 aromatic rings. The highest BCUT2D eigenvalue weighted by atomic mass is 32.2. The highest BCUT2D eigenvalue weighted by Crippen LogP contribution is 2.33. The third kappa shape index (κ3) is 3.56. The predicted molar refractivity (Wildman–Crippen MR) is 88.4 cm³/mol. The molecule has 3 rings (SSSR count). The summed E-state index contributed by atoms with van der Waals surface area (Å²) in [4.78, 5) is 13.0. The highest BCUT2D eigenvalue weighted by molar-refractivity contribution is 7.88. The first-order chi connectivity index (χ1) is 10.9. The first-order valence-corrected chi connectivity index (χ1v) is 9.49. The van der Waals surface area contributed by atoms with Gasteiger partial charge < -0.3 is 0 Å². The number of rotatable bonds is 3. The summed E-state index contributed by atoms with van der Waals surface area (Å²) in [6.07, 6.45) is 8.35. The molecule has 122 valence electrons. The lowest BCUT2D eigenvalue weighted by molar-refractivity contribution is 0.314. The van der Waals surface area contributed by atoms with Crippen molar-refractivity contribution in [1.82, 2.24) is 19.3 Å². The van der Waals surface area contributed by atoms with Gasteiger partial charge in [-0.25, -0.2) is 22.7 Å². The summed E-state index contributed by atoms with van der Waals surface area (Å²) in [5.74, 6) is 0.789. The Labute approximate surface area is 136 Å². The van der Waals surface area contributed by atoms with Gasteiger partial charge in [0.25, 0.3) is 0 Å². The number of hydrogen-bond donors (Lipinski definition) is 0. The van der Waals surface area contributed by atoms with Crippen molar-refractivity contribution >= 4 is 10.0 Å². The van der Waals surface area contributed by atoms with Crippen LogP contribution < -0.4 is 0 Å². The summed E-state index contributed by atoms with van der Waals surface area (Å²) >= 11 is 0. The minimum atomic E-state index is -3.17. The summed E-state index contributed by atoms with van der Waals surface area (Å²) < 4.78 is 25.3. The third-order valence-electron chi connectivity index (χ3n) is 4.17. The summed E-state index contributed by atoms with van der Waals surface area (Å²) in [6.45, 7) is 2.92. The number of piperidine rings is 1. The molecular formula is C16H20N4O2S. The van der Waals surface area contributed by atoms with E-state index in [0.29, 0.717) is 18.9 Å². The molecule has 0 aromatic carbocycles. The van der Waals surface area contributed by atoms with Gasteiger partial charge >= 0.3 is 0 Å². The minimum absolute atomic E-state index is 0.0864. The quantitative estimate of drug-likeness (QED) is 0.859. The second kappa shape index (κ2) is 6.33. The molecule has 1 aliphatic rings. The zero-order chi connectivity index (χ0) is 16.4. The molecule has 2 aromatic heterocycles. The van der Waals surface area contributed by atoms with Crippen LogP contribution in [0.2, 0.25) is 0 Å². The van der Waals surface area contributed by atoms with Gasteiger partial charge in [0.2, 0.25) is 10.0 Å². The van der Waals surface area contributed by atoms with Crippen molar-refractivity contribution in [1.29, 1.82) is 0 Å². The molecule has 1 aliphatic heterocycles. The van der Waals surface area contributed by atoms with E-state index in [2.05, 4.69) is 15.0 Å². The summed E-state index contributed by atoms with van der Waals surface area (Å²) in [5.41, 5.74) is 2.89. The first kappa shape index (κ1) is 16.0. The Morgan fingerprint density at radius 2 is 2.00 bits per heavy atom. The van der Waals surface area contributed by atoms with E-state index in [4.69, 9.17) is 0 Å². The summed E-state index contributed by atoms with van der Waals surface area (Å²) in [7, 11) is -3.17. The van der Waals surface area contributed by atoms with Gasteiger partial charge in [-0.1, -0.05) is 0 Å². The molecule has 1 fully saturated rings. The van der Waals surface area contributed by atoms with Crippen LogP contribution in [0.1, 0.15) is 30.3 Å². The smallest absolute Gasteiger partial charge is 0.211 e. The standard InChI is InChI=1S/C16H20N4O2S/c1-12-18-10-15(13-5-7-17-8-6-13)16(19-12)14-4-3-9-20(11-14)23(2,21)22/h5-8,10,14H,3-4,9,11H2,1-2H3. The molecule has 0 amide bonds. The van der Waals surface area contributed by atoms with Crippen LogP contribution in [0.5, 0.6) is 0 Å². The monoisotopic (exact) mass is 332 g/mol. The second-order valence-corrected chi connectivity index (χ2v) is 7.89. The number of sulfonamides is 1. The topological polar surface area (TPSA) is 76.1 Å². The molecule has 1 unspecified atom stereocenters. The Kier molecular flexibility index (Phi) is 4.41. The van der Waals surface area contributed by atoms with Crippen LogP contribution in [-0.2, 0) is 10.0 Å². The lowest BCUT2D eigenvalue weighted by Crippen LogP contribution is -2.38. The summed E-state index contributed by atoms with van der Waals surface area (Å²) in [5, 5.41) is 0. The van der Waals surface area contributed by atoms with Crippen LogP contribution in [-0.4, -0.2) is 47.0 Å². The lowest BCUT2D eigenvalue weighted by atomic mass is 9.91. The number of aromatic nitrogens is 3. The molecule has 0 radical (unpaired) electrons. The summed E-state index contributed by atoms with van der Waals surface area (Å²) in [6, 6.07) is 3.85. The molecule has 0 aliphatic carbocycles. The number of hydrogen-bond acceptors (Lipinski definition) is 5. The van der Waals surface area contributed by atoms with E-state index in [1.807, 2.05) is 25.3 Å². The van der Waals surface area contributed by atoms with Crippen molar-refractivity contribution in [2.45, 2.75) is 25.7 Å². The van der Waals surface area contributed by atoms with Gasteiger partial charge in [-0.3, -0.25) is 4.98 Å². The maximum absolute atomic E-state index is 11.9. The van der Waals surface area contributed by atoms with Gasteiger partial charge in [-0.2, -0.15) is 0 Å². The first-order valence-electron chi connectivity index (χ1n) is 7.64. The Morgan fingerprint density at radius 3 is 2.70 bits per heavy atom. The lowest BCUT2D eigenvalue weighted by Gasteiger charge is -2.31. The van der Waals surface area contributed by atoms with Crippen LogP contribution in [0, 0.1) is 6.92 Å². The molecule has 0 spiro atoms.